The summed E-state index contributed by atoms with van der Waals surface area (Å²) in [5, 5.41) is 10.5. The maximum Gasteiger partial charge on any atom is 0.191 e. The summed E-state index contributed by atoms with van der Waals surface area (Å²) < 4.78 is 0. The molecule has 1 aromatic rings. The first-order valence-electron chi connectivity index (χ1n) is 10.0. The molecule has 1 aromatic carbocycles. The van der Waals surface area contributed by atoms with Crippen molar-refractivity contribution in [2.45, 2.75) is 58.7 Å². The molecule has 5 nitrogen and oxygen atoms in total. The Morgan fingerprint density at radius 1 is 1.22 bits per heavy atom. The smallest absolute Gasteiger partial charge is 0.191 e. The Labute approximate surface area is 182 Å². The van der Waals surface area contributed by atoms with Gasteiger partial charge in [0, 0.05) is 37.8 Å². The van der Waals surface area contributed by atoms with Gasteiger partial charge in [-0.3, -0.25) is 9.89 Å². The lowest BCUT2D eigenvalue weighted by molar-refractivity contribution is 0.192. The summed E-state index contributed by atoms with van der Waals surface area (Å²) in [6.07, 6.45) is 2.44. The van der Waals surface area contributed by atoms with Crippen LogP contribution in [0.3, 0.4) is 0 Å². The standard InChI is InChI=1S/C21H37N5.HI/c1-5-22-20(23-13-14-24-21(2,3)4)25-19-12-9-15-26(17-19)16-18-10-7-6-8-11-18;/h6-8,10-11,19,24H,5,9,12-17H2,1-4H3,(H2,22,23,25);1H. The second kappa shape index (κ2) is 12.6. The summed E-state index contributed by atoms with van der Waals surface area (Å²) in [6.45, 7) is 14.5. The van der Waals surface area contributed by atoms with Gasteiger partial charge in [0.2, 0.25) is 0 Å². The molecular formula is C21H38IN5. The lowest BCUT2D eigenvalue weighted by Crippen LogP contribution is -2.51. The molecule has 0 saturated carbocycles. The van der Waals surface area contributed by atoms with E-state index in [4.69, 9.17) is 4.99 Å². The van der Waals surface area contributed by atoms with E-state index < -0.39 is 0 Å². The maximum atomic E-state index is 4.73. The molecule has 27 heavy (non-hydrogen) atoms. The van der Waals surface area contributed by atoms with Crippen molar-refractivity contribution < 1.29 is 0 Å². The quantitative estimate of drug-likeness (QED) is 0.239. The largest absolute Gasteiger partial charge is 0.357 e. The van der Waals surface area contributed by atoms with E-state index in [9.17, 15) is 0 Å². The lowest BCUT2D eigenvalue weighted by Gasteiger charge is -2.34. The number of benzene rings is 1. The highest BCUT2D eigenvalue weighted by molar-refractivity contribution is 14.0. The number of nitrogens with zero attached hydrogens (tertiary/aromatic N) is 2. The summed E-state index contributed by atoms with van der Waals surface area (Å²) in [6, 6.07) is 11.2. The average molecular weight is 487 g/mol. The zero-order valence-electron chi connectivity index (χ0n) is 17.4. The highest BCUT2D eigenvalue weighted by Gasteiger charge is 2.20. The molecule has 0 spiro atoms. The third kappa shape index (κ3) is 10.3. The van der Waals surface area contributed by atoms with Crippen molar-refractivity contribution in [2.24, 2.45) is 4.99 Å². The first-order chi connectivity index (χ1) is 12.5. The summed E-state index contributed by atoms with van der Waals surface area (Å²) in [4.78, 5) is 7.28. The molecule has 0 bridgehead atoms. The molecule has 1 aliphatic rings. The maximum absolute atomic E-state index is 4.73. The van der Waals surface area contributed by atoms with Gasteiger partial charge in [-0.2, -0.15) is 0 Å². The Bertz CT molecular complexity index is 541. The minimum absolute atomic E-state index is 0. The van der Waals surface area contributed by atoms with Gasteiger partial charge in [-0.1, -0.05) is 30.3 Å². The van der Waals surface area contributed by atoms with Crippen molar-refractivity contribution in [3.63, 3.8) is 0 Å². The molecule has 1 aliphatic heterocycles. The second-order valence-electron chi connectivity index (χ2n) is 8.14. The molecule has 1 atom stereocenters. The van der Waals surface area contributed by atoms with Crippen LogP contribution in [0.25, 0.3) is 0 Å². The van der Waals surface area contributed by atoms with Crippen LogP contribution >= 0.6 is 24.0 Å². The van der Waals surface area contributed by atoms with Gasteiger partial charge in [-0.05, 0) is 52.6 Å². The monoisotopic (exact) mass is 487 g/mol. The average Bonchev–Trinajstić information content (AvgIpc) is 2.59. The predicted octanol–water partition coefficient (Wildman–Crippen LogP) is 3.21. The van der Waals surface area contributed by atoms with Crippen molar-refractivity contribution in [1.82, 2.24) is 20.9 Å². The van der Waals surface area contributed by atoms with Crippen LogP contribution in [0, 0.1) is 0 Å². The minimum atomic E-state index is 0. The fraction of sp³-hybridized carbons (Fsp3) is 0.667. The molecule has 1 heterocycles. The number of nitrogens with one attached hydrogen (secondary N) is 3. The SMILES string of the molecule is CCNC(=NCCNC(C)(C)C)NC1CCCN(Cc2ccccc2)C1.I. The molecule has 1 unspecified atom stereocenters. The summed E-state index contributed by atoms with van der Waals surface area (Å²) in [5.41, 5.74) is 1.53. The zero-order valence-corrected chi connectivity index (χ0v) is 19.8. The van der Waals surface area contributed by atoms with E-state index in [0.717, 1.165) is 38.7 Å². The number of piperidine rings is 1. The van der Waals surface area contributed by atoms with Crippen LogP contribution in [0.1, 0.15) is 46.1 Å². The van der Waals surface area contributed by atoms with Crippen LogP contribution in [-0.2, 0) is 6.54 Å². The second-order valence-corrected chi connectivity index (χ2v) is 8.14. The Hall–Kier alpha value is -0.860. The highest BCUT2D eigenvalue weighted by atomic mass is 127. The number of hydrogen-bond acceptors (Lipinski definition) is 3. The Balaban J connectivity index is 0.00000364. The van der Waals surface area contributed by atoms with Crippen molar-refractivity contribution >= 4 is 29.9 Å². The number of guanidine groups is 1. The molecule has 2 rings (SSSR count). The van der Waals surface area contributed by atoms with Crippen LogP contribution in [0.15, 0.2) is 35.3 Å². The fourth-order valence-electron chi connectivity index (χ4n) is 3.27. The van der Waals surface area contributed by atoms with Crippen molar-refractivity contribution in [2.75, 3.05) is 32.7 Å². The topological polar surface area (TPSA) is 51.7 Å². The summed E-state index contributed by atoms with van der Waals surface area (Å²) in [7, 11) is 0. The van der Waals surface area contributed by atoms with E-state index in [0.29, 0.717) is 6.04 Å². The van der Waals surface area contributed by atoms with Gasteiger partial charge in [0.05, 0.1) is 6.54 Å². The Kier molecular flexibility index (Phi) is 11.3. The molecule has 1 fully saturated rings. The number of hydrogen-bond donors (Lipinski definition) is 3. The van der Waals surface area contributed by atoms with Gasteiger partial charge in [-0.25, -0.2) is 0 Å². The molecule has 6 heteroatoms. The molecule has 0 amide bonds. The van der Waals surface area contributed by atoms with E-state index in [2.05, 4.69) is 78.9 Å². The zero-order chi connectivity index (χ0) is 18.8. The number of likely N-dealkylation sites (tertiary alicyclic amines) is 1. The van der Waals surface area contributed by atoms with E-state index in [1.54, 1.807) is 0 Å². The molecule has 0 radical (unpaired) electrons. The van der Waals surface area contributed by atoms with Crippen LogP contribution in [0.5, 0.6) is 0 Å². The fourth-order valence-corrected chi connectivity index (χ4v) is 3.27. The molecule has 1 saturated heterocycles. The van der Waals surface area contributed by atoms with Crippen LogP contribution in [0.2, 0.25) is 0 Å². The van der Waals surface area contributed by atoms with Gasteiger partial charge in [0.1, 0.15) is 0 Å². The van der Waals surface area contributed by atoms with Gasteiger partial charge in [0.15, 0.2) is 5.96 Å². The number of aliphatic imine (C=N–C) groups is 1. The Morgan fingerprint density at radius 3 is 2.63 bits per heavy atom. The molecule has 3 N–H and O–H groups in total. The van der Waals surface area contributed by atoms with E-state index >= 15 is 0 Å². The van der Waals surface area contributed by atoms with Crippen molar-refractivity contribution in [1.29, 1.82) is 0 Å². The van der Waals surface area contributed by atoms with Crippen molar-refractivity contribution in [3.05, 3.63) is 35.9 Å². The van der Waals surface area contributed by atoms with E-state index in [1.807, 2.05) is 0 Å². The van der Waals surface area contributed by atoms with Crippen LogP contribution in [-0.4, -0.2) is 55.2 Å². The van der Waals surface area contributed by atoms with Gasteiger partial charge in [0.25, 0.3) is 0 Å². The molecule has 154 valence electrons. The molecule has 0 aromatic heterocycles. The Morgan fingerprint density at radius 2 is 1.96 bits per heavy atom. The molecular weight excluding hydrogens is 449 g/mol. The first kappa shape index (κ1) is 24.2. The minimum Gasteiger partial charge on any atom is -0.357 e. The van der Waals surface area contributed by atoms with Crippen LogP contribution < -0.4 is 16.0 Å². The number of halogens is 1. The van der Waals surface area contributed by atoms with Crippen molar-refractivity contribution in [3.8, 4) is 0 Å². The highest BCUT2D eigenvalue weighted by Crippen LogP contribution is 2.13. The third-order valence-electron chi connectivity index (χ3n) is 4.48. The molecule has 0 aliphatic carbocycles. The summed E-state index contributed by atoms with van der Waals surface area (Å²) >= 11 is 0. The predicted molar refractivity (Wildman–Crippen MR) is 127 cm³/mol. The van der Waals surface area contributed by atoms with E-state index in [1.165, 1.54) is 24.9 Å². The van der Waals surface area contributed by atoms with Gasteiger partial charge in [-0.15, -0.1) is 24.0 Å². The lowest BCUT2D eigenvalue weighted by atomic mass is 10.0. The first-order valence-corrected chi connectivity index (χ1v) is 10.0. The van der Waals surface area contributed by atoms with E-state index in [-0.39, 0.29) is 29.5 Å². The summed E-state index contributed by atoms with van der Waals surface area (Å²) in [5.74, 6) is 0.940. The third-order valence-corrected chi connectivity index (χ3v) is 4.48. The van der Waals surface area contributed by atoms with Gasteiger partial charge >= 0.3 is 0 Å². The number of rotatable bonds is 7. The van der Waals surface area contributed by atoms with Crippen LogP contribution in [0.4, 0.5) is 0 Å². The normalized spacial score (nSPS) is 18.7. The van der Waals surface area contributed by atoms with Gasteiger partial charge < -0.3 is 16.0 Å².